The lowest BCUT2D eigenvalue weighted by Crippen LogP contribution is -2.30. The van der Waals surface area contributed by atoms with Crippen molar-refractivity contribution in [2.24, 2.45) is 4.99 Å². The Morgan fingerprint density at radius 3 is 2.85 bits per heavy atom. The number of nitrogens with two attached hydrogens (primary N) is 1. The molecule has 134 valence electrons. The number of pyridine rings is 2. The lowest BCUT2D eigenvalue weighted by molar-refractivity contribution is 0.460. The number of hydrogen-bond donors (Lipinski definition) is 4. The number of aromatic nitrogens is 2. The largest absolute Gasteiger partial charge is 0.397 e. The molecule has 1 saturated heterocycles. The highest BCUT2D eigenvalue weighted by Crippen LogP contribution is 2.21. The molecule has 0 amide bonds. The van der Waals surface area contributed by atoms with Gasteiger partial charge in [-0.05, 0) is 44.1 Å². The number of nitrogen functional groups attached to an aromatic ring is 1. The maximum Gasteiger partial charge on any atom is 0.0845 e. The van der Waals surface area contributed by atoms with Crippen molar-refractivity contribution in [3.8, 4) is 11.3 Å². The van der Waals surface area contributed by atoms with Crippen molar-refractivity contribution in [3.05, 3.63) is 42.4 Å². The van der Waals surface area contributed by atoms with E-state index in [1.54, 1.807) is 24.7 Å². The van der Waals surface area contributed by atoms with Gasteiger partial charge in [-0.25, -0.2) is 0 Å². The number of aliphatic imine (C=N–C) groups is 1. The first-order valence-corrected chi connectivity index (χ1v) is 8.70. The summed E-state index contributed by atoms with van der Waals surface area (Å²) < 4.78 is 0. The number of piperidine rings is 1. The van der Waals surface area contributed by atoms with Crippen molar-refractivity contribution >= 4 is 23.3 Å². The number of rotatable bonds is 6. The molecule has 0 atom stereocenters. The van der Waals surface area contributed by atoms with Crippen molar-refractivity contribution < 1.29 is 0 Å². The molecule has 0 unspecified atom stereocenters. The van der Waals surface area contributed by atoms with E-state index < -0.39 is 0 Å². The molecular weight excluding hydrogens is 326 g/mol. The minimum Gasteiger partial charge on any atom is -0.397 e. The van der Waals surface area contributed by atoms with E-state index >= 15 is 0 Å². The zero-order chi connectivity index (χ0) is 18.4. The van der Waals surface area contributed by atoms with E-state index in [4.69, 9.17) is 16.6 Å². The van der Waals surface area contributed by atoms with Crippen LogP contribution in [0.3, 0.4) is 0 Å². The minimum atomic E-state index is 0.104. The molecule has 2 aromatic rings. The van der Waals surface area contributed by atoms with Crippen molar-refractivity contribution in [1.82, 2.24) is 15.3 Å². The predicted molar refractivity (Wildman–Crippen MR) is 105 cm³/mol. The van der Waals surface area contributed by atoms with Crippen molar-refractivity contribution in [2.75, 3.05) is 18.8 Å². The predicted octanol–water partition coefficient (Wildman–Crippen LogP) is 2.33. The van der Waals surface area contributed by atoms with Gasteiger partial charge >= 0.3 is 0 Å². The Balaban J connectivity index is 1.70. The monoisotopic (exact) mass is 349 g/mol. The summed E-state index contributed by atoms with van der Waals surface area (Å²) in [6.07, 6.45) is 9.06. The second-order valence-corrected chi connectivity index (χ2v) is 6.27. The zero-order valence-electron chi connectivity index (χ0n) is 14.6. The van der Waals surface area contributed by atoms with Gasteiger partial charge < -0.3 is 16.5 Å². The minimum absolute atomic E-state index is 0.104. The average molecular weight is 349 g/mol. The molecule has 1 fully saturated rings. The normalized spacial score (nSPS) is 15.2. The quantitative estimate of drug-likeness (QED) is 0.597. The molecule has 0 aromatic carbocycles. The standard InChI is InChI=1S/C19H23N7/c20-16(5-9-25-14-3-7-23-8-4-14)19(22)15-10-18(26-12-17(15)21)13-2-1-6-24-11-13/h1-2,6,9-12,14,20,22-23H,3-5,7-8,21H2. The summed E-state index contributed by atoms with van der Waals surface area (Å²) in [6.45, 7) is 1.97. The summed E-state index contributed by atoms with van der Waals surface area (Å²) >= 11 is 0. The first kappa shape index (κ1) is 17.9. The SMILES string of the molecule is N=C(CC=NC1CCNCC1)C(=N)c1cc(-c2cccnc2)ncc1N. The average Bonchev–Trinajstić information content (AvgIpc) is 2.69. The third kappa shape index (κ3) is 4.37. The molecule has 3 rings (SSSR count). The van der Waals surface area contributed by atoms with Gasteiger partial charge in [0.1, 0.15) is 0 Å². The summed E-state index contributed by atoms with van der Waals surface area (Å²) in [7, 11) is 0. The van der Waals surface area contributed by atoms with E-state index in [1.165, 1.54) is 6.20 Å². The number of nitrogens with one attached hydrogen (secondary N) is 3. The fourth-order valence-corrected chi connectivity index (χ4v) is 2.87. The Bertz CT molecular complexity index is 808. The highest BCUT2D eigenvalue weighted by atomic mass is 14.9. The lowest BCUT2D eigenvalue weighted by atomic mass is 10.0. The van der Waals surface area contributed by atoms with Gasteiger partial charge in [-0.3, -0.25) is 20.4 Å². The molecule has 5 N–H and O–H groups in total. The Hall–Kier alpha value is -2.93. The fourth-order valence-electron chi connectivity index (χ4n) is 2.87. The van der Waals surface area contributed by atoms with Gasteiger partial charge in [0.05, 0.1) is 35.0 Å². The van der Waals surface area contributed by atoms with E-state index in [1.807, 2.05) is 12.1 Å². The molecule has 0 spiro atoms. The molecule has 0 aliphatic carbocycles. The van der Waals surface area contributed by atoms with Gasteiger partial charge in [-0.2, -0.15) is 0 Å². The second kappa shape index (κ2) is 8.44. The van der Waals surface area contributed by atoms with Crippen LogP contribution >= 0.6 is 0 Å². The number of nitrogens with zero attached hydrogens (tertiary/aromatic N) is 3. The van der Waals surface area contributed by atoms with Gasteiger partial charge in [0.25, 0.3) is 0 Å². The van der Waals surface area contributed by atoms with E-state index in [0.717, 1.165) is 31.5 Å². The molecular formula is C19H23N7. The van der Waals surface area contributed by atoms with E-state index in [9.17, 15) is 0 Å². The van der Waals surface area contributed by atoms with Crippen LogP contribution in [0, 0.1) is 10.8 Å². The van der Waals surface area contributed by atoms with Gasteiger partial charge in [0.15, 0.2) is 0 Å². The Labute approximate surface area is 152 Å². The molecule has 0 bridgehead atoms. The van der Waals surface area contributed by atoms with Gasteiger partial charge in [0.2, 0.25) is 0 Å². The number of hydrogen-bond acceptors (Lipinski definition) is 7. The summed E-state index contributed by atoms with van der Waals surface area (Å²) in [5.41, 5.74) is 8.73. The smallest absolute Gasteiger partial charge is 0.0845 e. The van der Waals surface area contributed by atoms with Gasteiger partial charge in [-0.15, -0.1) is 0 Å². The van der Waals surface area contributed by atoms with Crippen LogP contribution in [0.25, 0.3) is 11.3 Å². The van der Waals surface area contributed by atoms with Gasteiger partial charge in [-0.1, -0.05) is 0 Å². The third-order valence-electron chi connectivity index (χ3n) is 4.38. The summed E-state index contributed by atoms with van der Waals surface area (Å²) in [5, 5.41) is 19.8. The van der Waals surface area contributed by atoms with Crippen LogP contribution in [0.15, 0.2) is 41.8 Å². The van der Waals surface area contributed by atoms with Crippen LogP contribution in [0.1, 0.15) is 24.8 Å². The summed E-state index contributed by atoms with van der Waals surface area (Å²) in [6, 6.07) is 5.79. The van der Waals surface area contributed by atoms with E-state index in [0.29, 0.717) is 29.4 Å². The molecule has 7 nitrogen and oxygen atoms in total. The van der Waals surface area contributed by atoms with Crippen LogP contribution in [0.5, 0.6) is 0 Å². The topological polar surface area (TPSA) is 124 Å². The molecule has 7 heteroatoms. The maximum atomic E-state index is 8.34. The Morgan fingerprint density at radius 1 is 1.31 bits per heavy atom. The molecule has 0 saturated carbocycles. The highest BCUT2D eigenvalue weighted by molar-refractivity contribution is 6.48. The van der Waals surface area contributed by atoms with Gasteiger partial charge in [0, 0.05) is 36.2 Å². The molecule has 1 aliphatic rings. The molecule has 26 heavy (non-hydrogen) atoms. The maximum absolute atomic E-state index is 8.34. The third-order valence-corrected chi connectivity index (χ3v) is 4.38. The molecule has 0 radical (unpaired) electrons. The van der Waals surface area contributed by atoms with E-state index in [-0.39, 0.29) is 11.4 Å². The zero-order valence-corrected chi connectivity index (χ0v) is 14.6. The molecule has 1 aliphatic heterocycles. The first-order chi connectivity index (χ1) is 12.6. The lowest BCUT2D eigenvalue weighted by Gasteiger charge is -2.18. The summed E-state index contributed by atoms with van der Waals surface area (Å²) in [5.74, 6) is 0. The first-order valence-electron chi connectivity index (χ1n) is 8.70. The van der Waals surface area contributed by atoms with Crippen LogP contribution < -0.4 is 11.1 Å². The highest BCUT2D eigenvalue weighted by Gasteiger charge is 2.14. The van der Waals surface area contributed by atoms with Crippen LogP contribution in [0.4, 0.5) is 5.69 Å². The van der Waals surface area contributed by atoms with Crippen LogP contribution in [-0.2, 0) is 0 Å². The Kier molecular flexibility index (Phi) is 5.80. The van der Waals surface area contributed by atoms with Crippen molar-refractivity contribution in [2.45, 2.75) is 25.3 Å². The number of anilines is 1. The van der Waals surface area contributed by atoms with Crippen molar-refractivity contribution in [3.63, 3.8) is 0 Å². The fraction of sp³-hybridized carbons (Fsp3) is 0.316. The molecule has 3 heterocycles. The summed E-state index contributed by atoms with van der Waals surface area (Å²) in [4.78, 5) is 12.9. The van der Waals surface area contributed by atoms with Crippen LogP contribution in [-0.4, -0.2) is 46.7 Å². The second-order valence-electron chi connectivity index (χ2n) is 6.27. The van der Waals surface area contributed by atoms with E-state index in [2.05, 4.69) is 20.3 Å². The van der Waals surface area contributed by atoms with Crippen molar-refractivity contribution in [1.29, 1.82) is 10.8 Å². The Morgan fingerprint density at radius 2 is 2.12 bits per heavy atom. The molecule has 2 aromatic heterocycles. The van der Waals surface area contributed by atoms with Crippen LogP contribution in [0.2, 0.25) is 0 Å².